The molecular weight excluding hydrogens is 398 g/mol. The lowest BCUT2D eigenvalue weighted by atomic mass is 10.1. The van der Waals surface area contributed by atoms with Crippen LogP contribution in [0.2, 0.25) is 0 Å². The summed E-state index contributed by atoms with van der Waals surface area (Å²) in [6, 6.07) is 13.5. The highest BCUT2D eigenvalue weighted by Gasteiger charge is 2.07. The van der Waals surface area contributed by atoms with Gasteiger partial charge in [-0.25, -0.2) is 0 Å². The van der Waals surface area contributed by atoms with E-state index in [0.29, 0.717) is 32.0 Å². The molecule has 0 unspecified atom stereocenters. The van der Waals surface area contributed by atoms with Gasteiger partial charge in [0.2, 0.25) is 5.91 Å². The zero-order valence-electron chi connectivity index (χ0n) is 17.3. The topological polar surface area (TPSA) is 72.4 Å². The number of rotatable bonds is 10. The Hall–Kier alpha value is -3.06. The van der Waals surface area contributed by atoms with Crippen LogP contribution in [-0.4, -0.2) is 30.2 Å². The first-order chi connectivity index (χ1) is 14.5. The lowest BCUT2D eigenvalue weighted by molar-refractivity contribution is -0.118. The van der Waals surface area contributed by atoms with Crippen molar-refractivity contribution in [2.45, 2.75) is 26.8 Å². The summed E-state index contributed by atoms with van der Waals surface area (Å²) in [5.74, 6) is 0.554. The van der Waals surface area contributed by atoms with Crippen molar-refractivity contribution in [2.24, 2.45) is 0 Å². The zero-order chi connectivity index (χ0) is 21.3. The molecule has 3 aromatic rings. The van der Waals surface area contributed by atoms with E-state index in [0.717, 1.165) is 23.2 Å². The van der Waals surface area contributed by atoms with Crippen LogP contribution in [0.25, 0.3) is 0 Å². The minimum Gasteiger partial charge on any atom is -0.493 e. The Bertz CT molecular complexity index is 1030. The zero-order valence-corrected chi connectivity index (χ0v) is 18.1. The van der Waals surface area contributed by atoms with Crippen molar-refractivity contribution in [2.75, 3.05) is 25.0 Å². The van der Waals surface area contributed by atoms with Gasteiger partial charge >= 0.3 is 0 Å². The van der Waals surface area contributed by atoms with Gasteiger partial charge in [0.05, 0.1) is 13.2 Å². The van der Waals surface area contributed by atoms with E-state index < -0.39 is 0 Å². The normalized spacial score (nSPS) is 10.6. The van der Waals surface area contributed by atoms with E-state index in [9.17, 15) is 9.59 Å². The van der Waals surface area contributed by atoms with E-state index in [2.05, 4.69) is 16.7 Å². The summed E-state index contributed by atoms with van der Waals surface area (Å²) in [5, 5.41) is 8.15. The first-order valence-electron chi connectivity index (χ1n) is 9.95. The SMILES string of the molecule is CC(=O)NCCNc1cccc(Cn2ccc(OCCc3cccs3)cc2=O)c1C. The molecule has 30 heavy (non-hydrogen) atoms. The number of carbonyl (C=O) groups is 1. The van der Waals surface area contributed by atoms with Crippen molar-refractivity contribution in [3.8, 4) is 5.75 Å². The number of carbonyl (C=O) groups excluding carboxylic acids is 1. The van der Waals surface area contributed by atoms with Crippen molar-refractivity contribution in [1.82, 2.24) is 9.88 Å². The molecule has 0 atom stereocenters. The number of nitrogens with one attached hydrogen (secondary N) is 2. The van der Waals surface area contributed by atoms with Crippen LogP contribution in [0.15, 0.2) is 58.8 Å². The molecule has 1 aromatic carbocycles. The number of nitrogens with zero attached hydrogens (tertiary/aromatic N) is 1. The fraction of sp³-hybridized carbons (Fsp3) is 0.304. The molecular formula is C23H27N3O3S. The number of amides is 1. The smallest absolute Gasteiger partial charge is 0.254 e. The molecule has 158 valence electrons. The highest BCUT2D eigenvalue weighted by atomic mass is 32.1. The van der Waals surface area contributed by atoms with Crippen molar-refractivity contribution >= 4 is 22.9 Å². The largest absolute Gasteiger partial charge is 0.493 e. The van der Waals surface area contributed by atoms with Gasteiger partial charge in [-0.2, -0.15) is 0 Å². The van der Waals surface area contributed by atoms with E-state index >= 15 is 0 Å². The van der Waals surface area contributed by atoms with E-state index in [1.54, 1.807) is 28.2 Å². The molecule has 3 rings (SSSR count). The Balaban J connectivity index is 1.59. The molecule has 1 amide bonds. The van der Waals surface area contributed by atoms with Gasteiger partial charge in [0.25, 0.3) is 5.56 Å². The third kappa shape index (κ3) is 6.22. The van der Waals surface area contributed by atoms with Gasteiger partial charge in [0.1, 0.15) is 5.75 Å². The monoisotopic (exact) mass is 425 g/mol. The molecule has 0 bridgehead atoms. The maximum Gasteiger partial charge on any atom is 0.254 e. The van der Waals surface area contributed by atoms with E-state index in [1.165, 1.54) is 11.8 Å². The quantitative estimate of drug-likeness (QED) is 0.488. The molecule has 0 saturated heterocycles. The number of anilines is 1. The van der Waals surface area contributed by atoms with Gasteiger partial charge in [0.15, 0.2) is 0 Å². The minimum atomic E-state index is -0.0907. The van der Waals surface area contributed by atoms with Crippen LogP contribution in [0.3, 0.4) is 0 Å². The molecule has 0 spiro atoms. The second kappa shape index (κ2) is 10.6. The maximum absolute atomic E-state index is 12.5. The third-order valence-electron chi connectivity index (χ3n) is 4.77. The second-order valence-electron chi connectivity index (χ2n) is 7.01. The molecule has 0 radical (unpaired) electrons. The Morgan fingerprint density at radius 3 is 2.77 bits per heavy atom. The Kier molecular flexibility index (Phi) is 7.68. The first kappa shape index (κ1) is 21.6. The number of thiophene rings is 1. The van der Waals surface area contributed by atoms with Gasteiger partial charge in [-0.05, 0) is 41.6 Å². The average molecular weight is 426 g/mol. The van der Waals surface area contributed by atoms with E-state index in [4.69, 9.17) is 4.74 Å². The number of hydrogen-bond acceptors (Lipinski definition) is 5. The van der Waals surface area contributed by atoms with Crippen LogP contribution in [0, 0.1) is 6.92 Å². The van der Waals surface area contributed by atoms with Gasteiger partial charge in [-0.1, -0.05) is 18.2 Å². The highest BCUT2D eigenvalue weighted by molar-refractivity contribution is 7.09. The molecule has 0 aliphatic heterocycles. The lowest BCUT2D eigenvalue weighted by Gasteiger charge is -2.15. The predicted molar refractivity (Wildman–Crippen MR) is 122 cm³/mol. The number of benzene rings is 1. The summed E-state index contributed by atoms with van der Waals surface area (Å²) >= 11 is 1.71. The van der Waals surface area contributed by atoms with Crippen LogP contribution >= 0.6 is 11.3 Å². The summed E-state index contributed by atoms with van der Waals surface area (Å²) < 4.78 is 7.41. The van der Waals surface area contributed by atoms with Crippen LogP contribution < -0.4 is 20.9 Å². The first-order valence-corrected chi connectivity index (χ1v) is 10.8. The Morgan fingerprint density at radius 2 is 2.03 bits per heavy atom. The lowest BCUT2D eigenvalue weighted by Crippen LogP contribution is -2.26. The molecule has 2 heterocycles. The number of ether oxygens (including phenoxy) is 1. The third-order valence-corrected chi connectivity index (χ3v) is 5.70. The Morgan fingerprint density at radius 1 is 1.17 bits per heavy atom. The molecule has 7 heteroatoms. The summed E-state index contributed by atoms with van der Waals surface area (Å²) in [7, 11) is 0. The van der Waals surface area contributed by atoms with Gasteiger partial charge in [0, 0.05) is 49.3 Å². The van der Waals surface area contributed by atoms with Gasteiger partial charge < -0.3 is 19.9 Å². The van der Waals surface area contributed by atoms with Crippen LogP contribution in [-0.2, 0) is 17.8 Å². The summed E-state index contributed by atoms with van der Waals surface area (Å²) in [4.78, 5) is 24.8. The van der Waals surface area contributed by atoms with Gasteiger partial charge in [-0.15, -0.1) is 11.3 Å². The van der Waals surface area contributed by atoms with Crippen LogP contribution in [0.1, 0.15) is 22.9 Å². The number of aromatic nitrogens is 1. The molecule has 0 aliphatic rings. The molecule has 2 aromatic heterocycles. The second-order valence-corrected chi connectivity index (χ2v) is 8.04. The standard InChI is InChI=1S/C23H27N3O3S/c1-17-19(5-3-7-22(17)25-11-10-24-18(2)27)16-26-12-8-20(15-23(26)28)29-13-9-21-6-4-14-30-21/h3-8,12,14-15,25H,9-11,13,16H2,1-2H3,(H,24,27). The summed E-state index contributed by atoms with van der Waals surface area (Å²) in [6.07, 6.45) is 2.61. The molecule has 6 nitrogen and oxygen atoms in total. The van der Waals surface area contributed by atoms with Crippen molar-refractivity contribution in [3.05, 3.63) is 80.4 Å². The summed E-state index contributed by atoms with van der Waals surface area (Å²) in [6.45, 7) is 5.78. The van der Waals surface area contributed by atoms with Crippen molar-refractivity contribution < 1.29 is 9.53 Å². The highest BCUT2D eigenvalue weighted by Crippen LogP contribution is 2.19. The van der Waals surface area contributed by atoms with Crippen molar-refractivity contribution in [3.63, 3.8) is 0 Å². The minimum absolute atomic E-state index is 0.0411. The predicted octanol–water partition coefficient (Wildman–Crippen LogP) is 3.44. The van der Waals surface area contributed by atoms with Crippen LogP contribution in [0.4, 0.5) is 5.69 Å². The molecule has 0 aliphatic carbocycles. The van der Waals surface area contributed by atoms with Crippen molar-refractivity contribution in [1.29, 1.82) is 0 Å². The number of pyridine rings is 1. The molecule has 2 N–H and O–H groups in total. The molecule has 0 saturated carbocycles. The van der Waals surface area contributed by atoms with Crippen LogP contribution in [0.5, 0.6) is 5.75 Å². The fourth-order valence-corrected chi connectivity index (χ4v) is 3.79. The Labute approximate surface area is 180 Å². The molecule has 0 fully saturated rings. The average Bonchev–Trinajstić information content (AvgIpc) is 3.23. The summed E-state index contributed by atoms with van der Waals surface area (Å²) in [5.41, 5.74) is 3.06. The maximum atomic E-state index is 12.5. The van der Waals surface area contributed by atoms with E-state index in [-0.39, 0.29) is 11.5 Å². The number of hydrogen-bond donors (Lipinski definition) is 2. The van der Waals surface area contributed by atoms with Gasteiger partial charge in [-0.3, -0.25) is 9.59 Å². The van der Waals surface area contributed by atoms with E-state index in [1.807, 2.05) is 42.6 Å². The fourth-order valence-electron chi connectivity index (χ4n) is 3.10.